The molecule has 1 aliphatic rings. The maximum atomic E-state index is 12.9. The van der Waals surface area contributed by atoms with Crippen molar-refractivity contribution in [3.05, 3.63) is 42.0 Å². The largest absolute Gasteiger partial charge is 0.508 e. The van der Waals surface area contributed by atoms with E-state index in [9.17, 15) is 19.5 Å². The molecule has 1 aliphatic heterocycles. The number of phenolic OH excluding ortho intramolecular Hbond substituents is 1. The van der Waals surface area contributed by atoms with Crippen LogP contribution >= 0.6 is 0 Å². The van der Waals surface area contributed by atoms with Gasteiger partial charge in [-0.3, -0.25) is 14.4 Å². The van der Waals surface area contributed by atoms with E-state index in [4.69, 9.17) is 0 Å². The molecule has 0 spiro atoms. The third-order valence-corrected chi connectivity index (χ3v) is 4.40. The quantitative estimate of drug-likeness (QED) is 0.632. The Labute approximate surface area is 159 Å². The van der Waals surface area contributed by atoms with Crippen molar-refractivity contribution >= 4 is 17.7 Å². The molecule has 146 valence electrons. The third kappa shape index (κ3) is 5.57. The van der Waals surface area contributed by atoms with Crippen molar-refractivity contribution in [3.63, 3.8) is 0 Å². The maximum absolute atomic E-state index is 12.9. The van der Waals surface area contributed by atoms with Gasteiger partial charge in [-0.2, -0.15) is 0 Å². The SMILES string of the molecule is CC/C=C/CC(=O)N[C@H]1C[C@@H](C(=O)NCC)N(C(=O)c2ccc(O)cc2)C1. The van der Waals surface area contributed by atoms with Gasteiger partial charge in [-0.05, 0) is 44.0 Å². The van der Waals surface area contributed by atoms with Crippen molar-refractivity contribution in [2.45, 2.75) is 45.2 Å². The normalized spacial score (nSPS) is 19.3. The molecule has 27 heavy (non-hydrogen) atoms. The fourth-order valence-corrected chi connectivity index (χ4v) is 3.12. The number of hydrogen-bond acceptors (Lipinski definition) is 4. The van der Waals surface area contributed by atoms with Gasteiger partial charge < -0.3 is 20.6 Å². The van der Waals surface area contributed by atoms with Crippen LogP contribution < -0.4 is 10.6 Å². The number of aromatic hydroxyl groups is 1. The lowest BCUT2D eigenvalue weighted by atomic mass is 10.1. The summed E-state index contributed by atoms with van der Waals surface area (Å²) in [6.07, 6.45) is 5.25. The molecule has 0 radical (unpaired) electrons. The summed E-state index contributed by atoms with van der Waals surface area (Å²) in [5, 5.41) is 15.1. The highest BCUT2D eigenvalue weighted by Crippen LogP contribution is 2.22. The Kier molecular flexibility index (Phi) is 7.40. The van der Waals surface area contributed by atoms with Gasteiger partial charge in [-0.25, -0.2) is 0 Å². The van der Waals surface area contributed by atoms with E-state index in [2.05, 4.69) is 10.6 Å². The first-order valence-electron chi connectivity index (χ1n) is 9.28. The lowest BCUT2D eigenvalue weighted by Crippen LogP contribution is -2.46. The molecule has 1 saturated heterocycles. The Morgan fingerprint density at radius 2 is 1.89 bits per heavy atom. The van der Waals surface area contributed by atoms with Gasteiger partial charge in [-0.15, -0.1) is 0 Å². The van der Waals surface area contributed by atoms with Gasteiger partial charge in [0.25, 0.3) is 5.91 Å². The lowest BCUT2D eigenvalue weighted by molar-refractivity contribution is -0.125. The van der Waals surface area contributed by atoms with Crippen LogP contribution in [-0.2, 0) is 9.59 Å². The summed E-state index contributed by atoms with van der Waals surface area (Å²) in [7, 11) is 0. The van der Waals surface area contributed by atoms with Gasteiger partial charge >= 0.3 is 0 Å². The molecule has 7 nitrogen and oxygen atoms in total. The van der Waals surface area contributed by atoms with Crippen molar-refractivity contribution < 1.29 is 19.5 Å². The number of allylic oxidation sites excluding steroid dienone is 1. The van der Waals surface area contributed by atoms with E-state index >= 15 is 0 Å². The standard InChI is InChI=1S/C20H27N3O4/c1-3-5-6-7-18(25)22-15-12-17(19(26)21-4-2)23(13-15)20(27)14-8-10-16(24)11-9-14/h5-6,8-11,15,17,24H,3-4,7,12-13H2,1-2H3,(H,21,26)(H,22,25)/b6-5+/t15-,17-/m0/s1. The summed E-state index contributed by atoms with van der Waals surface area (Å²) in [4.78, 5) is 38.8. The van der Waals surface area contributed by atoms with Crippen molar-refractivity contribution in [1.82, 2.24) is 15.5 Å². The number of carbonyl (C=O) groups excluding carboxylic acids is 3. The molecule has 3 amide bonds. The molecule has 0 aliphatic carbocycles. The van der Waals surface area contributed by atoms with Gasteiger partial charge in [0.2, 0.25) is 11.8 Å². The molecule has 1 aromatic carbocycles. The molecule has 7 heteroatoms. The summed E-state index contributed by atoms with van der Waals surface area (Å²) < 4.78 is 0. The van der Waals surface area contributed by atoms with E-state index < -0.39 is 6.04 Å². The van der Waals surface area contributed by atoms with Crippen LogP contribution in [0.5, 0.6) is 5.75 Å². The Morgan fingerprint density at radius 1 is 1.19 bits per heavy atom. The molecule has 0 unspecified atom stereocenters. The van der Waals surface area contributed by atoms with Crippen LogP contribution in [0.3, 0.4) is 0 Å². The van der Waals surface area contributed by atoms with Crippen molar-refractivity contribution in [1.29, 1.82) is 0 Å². The fourth-order valence-electron chi connectivity index (χ4n) is 3.12. The van der Waals surface area contributed by atoms with Crippen LogP contribution in [0.2, 0.25) is 0 Å². The van der Waals surface area contributed by atoms with Crippen LogP contribution in [0, 0.1) is 0 Å². The van der Waals surface area contributed by atoms with Gasteiger partial charge in [0, 0.05) is 31.1 Å². The van der Waals surface area contributed by atoms with Gasteiger partial charge in [-0.1, -0.05) is 19.1 Å². The number of amides is 3. The number of nitrogens with one attached hydrogen (secondary N) is 2. The van der Waals surface area contributed by atoms with Crippen molar-refractivity contribution in [2.24, 2.45) is 0 Å². The second-order valence-electron chi connectivity index (χ2n) is 6.50. The number of rotatable bonds is 7. The summed E-state index contributed by atoms with van der Waals surface area (Å²) >= 11 is 0. The summed E-state index contributed by atoms with van der Waals surface area (Å²) in [5.74, 6) is -0.585. The highest BCUT2D eigenvalue weighted by Gasteiger charge is 2.40. The highest BCUT2D eigenvalue weighted by atomic mass is 16.3. The van der Waals surface area contributed by atoms with E-state index in [1.54, 1.807) is 0 Å². The first kappa shape index (κ1) is 20.5. The number of benzene rings is 1. The average molecular weight is 373 g/mol. The number of likely N-dealkylation sites (N-methyl/N-ethyl adjacent to an activating group) is 1. The van der Waals surface area contributed by atoms with Gasteiger partial charge in [0.15, 0.2) is 0 Å². The zero-order valence-corrected chi connectivity index (χ0v) is 15.8. The zero-order chi connectivity index (χ0) is 19.8. The van der Waals surface area contributed by atoms with Gasteiger partial charge in [0.1, 0.15) is 11.8 Å². The van der Waals surface area contributed by atoms with Gasteiger partial charge in [0.05, 0.1) is 0 Å². The second-order valence-corrected chi connectivity index (χ2v) is 6.50. The van der Waals surface area contributed by atoms with Crippen LogP contribution in [0.15, 0.2) is 36.4 Å². The van der Waals surface area contributed by atoms with Crippen LogP contribution in [0.4, 0.5) is 0 Å². The molecular formula is C20H27N3O4. The minimum absolute atomic E-state index is 0.0681. The molecule has 1 heterocycles. The van der Waals surface area contributed by atoms with Crippen LogP contribution in [-0.4, -0.2) is 52.9 Å². The molecule has 2 atom stereocenters. The molecule has 1 aromatic rings. The smallest absolute Gasteiger partial charge is 0.254 e. The van der Waals surface area contributed by atoms with Crippen molar-refractivity contribution in [3.8, 4) is 5.75 Å². The second kappa shape index (κ2) is 9.75. The third-order valence-electron chi connectivity index (χ3n) is 4.40. The topological polar surface area (TPSA) is 98.7 Å². The first-order valence-corrected chi connectivity index (χ1v) is 9.28. The van der Waals surface area contributed by atoms with Crippen molar-refractivity contribution in [2.75, 3.05) is 13.1 Å². The summed E-state index contributed by atoms with van der Waals surface area (Å²) in [6, 6.07) is 5.00. The molecule has 1 fully saturated rings. The molecular weight excluding hydrogens is 346 g/mol. The Morgan fingerprint density at radius 3 is 2.52 bits per heavy atom. The highest BCUT2D eigenvalue weighted by molar-refractivity contribution is 5.98. The first-order chi connectivity index (χ1) is 13.0. The molecule has 3 N–H and O–H groups in total. The Hall–Kier alpha value is -2.83. The number of carbonyl (C=O) groups is 3. The molecule has 0 bridgehead atoms. The van der Waals surface area contributed by atoms with E-state index in [0.29, 0.717) is 18.5 Å². The molecule has 0 saturated carbocycles. The fraction of sp³-hybridized carbons (Fsp3) is 0.450. The van der Waals surface area contributed by atoms with Crippen LogP contribution in [0.25, 0.3) is 0 Å². The molecule has 0 aromatic heterocycles. The number of phenols is 1. The minimum atomic E-state index is -0.636. The zero-order valence-electron chi connectivity index (χ0n) is 15.8. The average Bonchev–Trinajstić information content (AvgIpc) is 3.06. The summed E-state index contributed by atoms with van der Waals surface area (Å²) in [5.41, 5.74) is 0.389. The predicted molar refractivity (Wildman–Crippen MR) is 102 cm³/mol. The van der Waals surface area contributed by atoms with E-state index in [1.165, 1.54) is 29.2 Å². The number of nitrogens with zero attached hydrogens (tertiary/aromatic N) is 1. The van der Waals surface area contributed by atoms with E-state index in [0.717, 1.165) is 6.42 Å². The Bertz CT molecular complexity index is 700. The maximum Gasteiger partial charge on any atom is 0.254 e. The lowest BCUT2D eigenvalue weighted by Gasteiger charge is -2.23. The predicted octanol–water partition coefficient (Wildman–Crippen LogP) is 1.58. The van der Waals surface area contributed by atoms with E-state index in [-0.39, 0.29) is 42.5 Å². The summed E-state index contributed by atoms with van der Waals surface area (Å²) in [6.45, 7) is 4.55. The number of likely N-dealkylation sites (tertiary alicyclic amines) is 1. The van der Waals surface area contributed by atoms with E-state index in [1.807, 2.05) is 26.0 Å². The van der Waals surface area contributed by atoms with Crippen LogP contribution in [0.1, 0.15) is 43.5 Å². The molecule has 2 rings (SSSR count). The minimum Gasteiger partial charge on any atom is -0.508 e. The monoisotopic (exact) mass is 373 g/mol. The Balaban J connectivity index is 2.11. The number of hydrogen-bond donors (Lipinski definition) is 3.